The van der Waals surface area contributed by atoms with Crippen LogP contribution in [0, 0.1) is 0 Å². The number of carbonyl (C=O) groups is 2. The van der Waals surface area contributed by atoms with Gasteiger partial charge in [0.1, 0.15) is 0 Å². The average molecular weight is 393 g/mol. The van der Waals surface area contributed by atoms with E-state index in [2.05, 4.69) is 16.2 Å². The monoisotopic (exact) mass is 393 g/mol. The van der Waals surface area contributed by atoms with Gasteiger partial charge in [-0.1, -0.05) is 19.3 Å². The molecule has 8 nitrogen and oxygen atoms in total. The first-order valence-corrected chi connectivity index (χ1v) is 10.0. The van der Waals surface area contributed by atoms with E-state index in [0.717, 1.165) is 25.7 Å². The molecule has 1 saturated carbocycles. The van der Waals surface area contributed by atoms with Gasteiger partial charge in [-0.25, -0.2) is 10.2 Å². The third-order valence-corrected chi connectivity index (χ3v) is 4.40. The van der Waals surface area contributed by atoms with Crippen molar-refractivity contribution in [2.75, 3.05) is 19.8 Å². The molecule has 0 atom stereocenters. The van der Waals surface area contributed by atoms with Crippen molar-refractivity contribution in [3.8, 4) is 17.2 Å². The number of amides is 3. The van der Waals surface area contributed by atoms with E-state index in [1.165, 1.54) is 6.42 Å². The Bertz CT molecular complexity index is 632. The average Bonchev–Trinajstić information content (AvgIpc) is 2.69. The van der Waals surface area contributed by atoms with Crippen molar-refractivity contribution in [3.63, 3.8) is 0 Å². The van der Waals surface area contributed by atoms with Gasteiger partial charge in [0, 0.05) is 11.6 Å². The highest BCUT2D eigenvalue weighted by Gasteiger charge is 2.19. The maximum atomic E-state index is 12.5. The van der Waals surface area contributed by atoms with Crippen molar-refractivity contribution in [2.45, 2.75) is 58.9 Å². The third-order valence-electron chi connectivity index (χ3n) is 4.40. The van der Waals surface area contributed by atoms with E-state index in [1.54, 1.807) is 12.1 Å². The van der Waals surface area contributed by atoms with Crippen LogP contribution in [-0.4, -0.2) is 37.8 Å². The molecule has 0 bridgehead atoms. The highest BCUT2D eigenvalue weighted by Crippen LogP contribution is 2.39. The quantitative estimate of drug-likeness (QED) is 0.590. The first-order chi connectivity index (χ1) is 13.6. The number of urea groups is 1. The predicted molar refractivity (Wildman–Crippen MR) is 106 cm³/mol. The smallest absolute Gasteiger partial charge is 0.333 e. The molecule has 1 aromatic rings. The van der Waals surface area contributed by atoms with Crippen molar-refractivity contribution in [2.24, 2.45) is 0 Å². The molecule has 8 heteroatoms. The third kappa shape index (κ3) is 6.21. The Morgan fingerprint density at radius 1 is 0.893 bits per heavy atom. The van der Waals surface area contributed by atoms with Crippen molar-refractivity contribution < 1.29 is 23.8 Å². The zero-order valence-corrected chi connectivity index (χ0v) is 16.9. The van der Waals surface area contributed by atoms with Gasteiger partial charge < -0.3 is 19.5 Å². The van der Waals surface area contributed by atoms with Crippen LogP contribution in [0.5, 0.6) is 17.2 Å². The minimum atomic E-state index is -0.469. The second kappa shape index (κ2) is 11.3. The molecular weight excluding hydrogens is 362 g/mol. The number of hydrogen-bond acceptors (Lipinski definition) is 5. The lowest BCUT2D eigenvalue weighted by molar-refractivity contribution is 0.0934. The highest BCUT2D eigenvalue weighted by atomic mass is 16.5. The fraction of sp³-hybridized carbons (Fsp3) is 0.600. The molecule has 0 heterocycles. The summed E-state index contributed by atoms with van der Waals surface area (Å²) in [5.74, 6) is 0.841. The van der Waals surface area contributed by atoms with Crippen LogP contribution in [0.15, 0.2) is 12.1 Å². The van der Waals surface area contributed by atoms with Crippen molar-refractivity contribution >= 4 is 11.9 Å². The zero-order valence-electron chi connectivity index (χ0n) is 16.9. The van der Waals surface area contributed by atoms with Gasteiger partial charge in [-0.3, -0.25) is 10.2 Å². The topological polar surface area (TPSA) is 97.9 Å². The highest BCUT2D eigenvalue weighted by molar-refractivity contribution is 5.96. The molecule has 3 amide bonds. The van der Waals surface area contributed by atoms with E-state index in [-0.39, 0.29) is 6.04 Å². The van der Waals surface area contributed by atoms with E-state index in [1.807, 2.05) is 20.8 Å². The van der Waals surface area contributed by atoms with Crippen LogP contribution >= 0.6 is 0 Å². The predicted octanol–water partition coefficient (Wildman–Crippen LogP) is 3.16. The Labute approximate surface area is 166 Å². The summed E-state index contributed by atoms with van der Waals surface area (Å²) < 4.78 is 16.8. The van der Waals surface area contributed by atoms with Gasteiger partial charge in [0.2, 0.25) is 5.75 Å². The summed E-state index contributed by atoms with van der Waals surface area (Å²) >= 11 is 0. The second-order valence-electron chi connectivity index (χ2n) is 6.49. The maximum Gasteiger partial charge on any atom is 0.333 e. The molecule has 1 aliphatic carbocycles. The van der Waals surface area contributed by atoms with Gasteiger partial charge in [0.15, 0.2) is 11.5 Å². The number of carbonyl (C=O) groups excluding carboxylic acids is 2. The number of ether oxygens (including phenoxy) is 3. The summed E-state index contributed by atoms with van der Waals surface area (Å²) in [5, 5.41) is 2.88. The minimum absolute atomic E-state index is 0.158. The molecule has 2 rings (SSSR count). The van der Waals surface area contributed by atoms with Crippen LogP contribution in [0.4, 0.5) is 4.79 Å². The molecule has 0 aliphatic heterocycles. The molecule has 1 aliphatic rings. The molecule has 0 radical (unpaired) electrons. The first-order valence-electron chi connectivity index (χ1n) is 10.0. The lowest BCUT2D eigenvalue weighted by atomic mass is 9.96. The summed E-state index contributed by atoms with van der Waals surface area (Å²) in [5.41, 5.74) is 5.13. The summed E-state index contributed by atoms with van der Waals surface area (Å²) in [7, 11) is 0. The van der Waals surface area contributed by atoms with Gasteiger partial charge in [-0.15, -0.1) is 0 Å². The summed E-state index contributed by atoms with van der Waals surface area (Å²) in [4.78, 5) is 24.5. The lowest BCUT2D eigenvalue weighted by Gasteiger charge is -2.23. The Balaban J connectivity index is 2.05. The molecule has 1 aromatic carbocycles. The Kier molecular flexibility index (Phi) is 8.71. The Morgan fingerprint density at radius 2 is 1.46 bits per heavy atom. The Hall–Kier alpha value is -2.64. The largest absolute Gasteiger partial charge is 0.490 e. The summed E-state index contributed by atoms with van der Waals surface area (Å²) in [6.45, 7) is 6.83. The molecule has 1 fully saturated rings. The van der Waals surface area contributed by atoms with E-state index in [4.69, 9.17) is 14.2 Å². The first kappa shape index (κ1) is 21.7. The van der Waals surface area contributed by atoms with Gasteiger partial charge in [0.05, 0.1) is 19.8 Å². The zero-order chi connectivity index (χ0) is 20.4. The van der Waals surface area contributed by atoms with E-state index in [9.17, 15) is 9.59 Å². The van der Waals surface area contributed by atoms with E-state index < -0.39 is 11.9 Å². The van der Waals surface area contributed by atoms with Crippen LogP contribution in [-0.2, 0) is 0 Å². The molecule has 0 aromatic heterocycles. The number of rotatable bonds is 8. The molecule has 156 valence electrons. The molecular formula is C20H31N3O5. The fourth-order valence-corrected chi connectivity index (χ4v) is 3.17. The van der Waals surface area contributed by atoms with Crippen LogP contribution in [0.3, 0.4) is 0 Å². The Morgan fingerprint density at radius 3 is 2.00 bits per heavy atom. The number of hydrazine groups is 1. The van der Waals surface area contributed by atoms with Crippen LogP contribution in [0.25, 0.3) is 0 Å². The SMILES string of the molecule is CCOc1cc(C(=O)NNC(=O)NC2CCCCC2)cc(OCC)c1OCC. The van der Waals surface area contributed by atoms with Crippen LogP contribution < -0.4 is 30.4 Å². The maximum absolute atomic E-state index is 12.5. The van der Waals surface area contributed by atoms with E-state index in [0.29, 0.717) is 42.6 Å². The normalized spacial score (nSPS) is 14.1. The van der Waals surface area contributed by atoms with Gasteiger partial charge >= 0.3 is 6.03 Å². The van der Waals surface area contributed by atoms with Gasteiger partial charge in [0.25, 0.3) is 5.91 Å². The lowest BCUT2D eigenvalue weighted by Crippen LogP contribution is -2.50. The van der Waals surface area contributed by atoms with Crippen LogP contribution in [0.1, 0.15) is 63.2 Å². The minimum Gasteiger partial charge on any atom is -0.490 e. The molecule has 0 saturated heterocycles. The van der Waals surface area contributed by atoms with E-state index >= 15 is 0 Å². The summed E-state index contributed by atoms with van der Waals surface area (Å²) in [6, 6.07) is 2.90. The fourth-order valence-electron chi connectivity index (χ4n) is 3.17. The number of benzene rings is 1. The molecule has 0 spiro atoms. The second-order valence-corrected chi connectivity index (χ2v) is 6.49. The van der Waals surface area contributed by atoms with Crippen molar-refractivity contribution in [3.05, 3.63) is 17.7 Å². The number of nitrogens with one attached hydrogen (secondary N) is 3. The summed E-state index contributed by atoms with van der Waals surface area (Å²) in [6.07, 6.45) is 5.37. The van der Waals surface area contributed by atoms with Crippen molar-refractivity contribution in [1.29, 1.82) is 0 Å². The van der Waals surface area contributed by atoms with Gasteiger partial charge in [-0.05, 0) is 45.7 Å². The molecule has 3 N–H and O–H groups in total. The van der Waals surface area contributed by atoms with Gasteiger partial charge in [-0.2, -0.15) is 0 Å². The number of hydrogen-bond donors (Lipinski definition) is 3. The van der Waals surface area contributed by atoms with Crippen molar-refractivity contribution in [1.82, 2.24) is 16.2 Å². The van der Waals surface area contributed by atoms with Crippen LogP contribution in [0.2, 0.25) is 0 Å². The molecule has 0 unspecified atom stereocenters. The molecule has 28 heavy (non-hydrogen) atoms. The standard InChI is InChI=1S/C20H31N3O5/c1-4-26-16-12-14(13-17(27-5-2)18(16)28-6-3)19(24)22-23-20(25)21-15-10-8-7-9-11-15/h12-13,15H,4-11H2,1-3H3,(H,22,24)(H2,21,23,25).